The van der Waals surface area contributed by atoms with Gasteiger partial charge in [0.1, 0.15) is 11.5 Å². The smallest absolute Gasteiger partial charge is 0.116 e. The lowest BCUT2D eigenvalue weighted by Crippen LogP contribution is -2.25. The Hall–Kier alpha value is -2.22. The van der Waals surface area contributed by atoms with Crippen molar-refractivity contribution < 1.29 is 10.2 Å². The fourth-order valence-electron chi connectivity index (χ4n) is 4.76. The molecule has 2 aliphatic carbocycles. The van der Waals surface area contributed by atoms with Gasteiger partial charge in [0.05, 0.1) is 0 Å². The van der Waals surface area contributed by atoms with Crippen LogP contribution in [0.2, 0.25) is 0 Å². The number of phenols is 2. The van der Waals surface area contributed by atoms with Crippen LogP contribution in [0.25, 0.3) is 6.08 Å². The topological polar surface area (TPSA) is 40.5 Å². The first-order chi connectivity index (χ1) is 11.2. The van der Waals surface area contributed by atoms with E-state index < -0.39 is 0 Å². The van der Waals surface area contributed by atoms with E-state index in [2.05, 4.69) is 18.7 Å². The molecule has 2 aromatic carbocycles. The zero-order valence-electron chi connectivity index (χ0n) is 13.2. The maximum atomic E-state index is 10.1. The van der Waals surface area contributed by atoms with Crippen LogP contribution in [0.1, 0.15) is 53.4 Å². The predicted octanol–water partition coefficient (Wildman–Crippen LogP) is 4.96. The van der Waals surface area contributed by atoms with Gasteiger partial charge in [0.25, 0.3) is 0 Å². The number of aromatic hydroxyl groups is 2. The molecule has 2 aliphatic rings. The first kappa shape index (κ1) is 14.4. The summed E-state index contributed by atoms with van der Waals surface area (Å²) in [7, 11) is 0. The molecule has 0 amide bonds. The van der Waals surface area contributed by atoms with E-state index in [1.165, 1.54) is 36.0 Å². The second-order valence-electron chi connectivity index (χ2n) is 6.91. The molecule has 1 fully saturated rings. The van der Waals surface area contributed by atoms with Gasteiger partial charge in [-0.1, -0.05) is 31.2 Å². The van der Waals surface area contributed by atoms with E-state index in [1.807, 2.05) is 18.2 Å². The zero-order valence-corrected chi connectivity index (χ0v) is 13.2. The minimum atomic E-state index is 0.324. The van der Waals surface area contributed by atoms with Gasteiger partial charge in [-0.2, -0.15) is 0 Å². The molecule has 2 aromatic rings. The number of fused-ring (bicyclic) bond motifs is 3. The van der Waals surface area contributed by atoms with Crippen LogP contribution in [0, 0.1) is 5.92 Å². The highest BCUT2D eigenvalue weighted by atomic mass is 16.3. The van der Waals surface area contributed by atoms with E-state index in [0.29, 0.717) is 29.3 Å². The van der Waals surface area contributed by atoms with Crippen LogP contribution in [0.15, 0.2) is 43.0 Å². The van der Waals surface area contributed by atoms with Crippen LogP contribution < -0.4 is 0 Å². The van der Waals surface area contributed by atoms with Crippen LogP contribution in [0.3, 0.4) is 0 Å². The Kier molecular flexibility index (Phi) is 3.41. The zero-order chi connectivity index (χ0) is 16.0. The Morgan fingerprint density at radius 3 is 2.48 bits per heavy atom. The molecule has 0 aliphatic heterocycles. The quantitative estimate of drug-likeness (QED) is 0.823. The van der Waals surface area contributed by atoms with Gasteiger partial charge in [0, 0.05) is 0 Å². The fraction of sp³-hybridized carbons (Fsp3) is 0.333. The molecule has 118 valence electrons. The second kappa shape index (κ2) is 5.45. The lowest BCUT2D eigenvalue weighted by atomic mass is 9.67. The molecule has 0 aromatic heterocycles. The van der Waals surface area contributed by atoms with Crippen molar-refractivity contribution in [3.8, 4) is 11.5 Å². The molecule has 4 rings (SSSR count). The predicted molar refractivity (Wildman–Crippen MR) is 92.8 cm³/mol. The summed E-state index contributed by atoms with van der Waals surface area (Å²) >= 11 is 0. The Bertz CT molecular complexity index is 745. The highest BCUT2D eigenvalue weighted by Gasteiger charge is 2.41. The van der Waals surface area contributed by atoms with E-state index in [9.17, 15) is 10.2 Å². The summed E-state index contributed by atoms with van der Waals surface area (Å²) in [5, 5.41) is 19.6. The van der Waals surface area contributed by atoms with E-state index in [4.69, 9.17) is 0 Å². The van der Waals surface area contributed by atoms with Gasteiger partial charge in [-0.05, 0) is 83.5 Å². The van der Waals surface area contributed by atoms with Gasteiger partial charge < -0.3 is 10.2 Å². The Labute approximate surface area is 137 Å². The van der Waals surface area contributed by atoms with Gasteiger partial charge in [0.2, 0.25) is 0 Å². The van der Waals surface area contributed by atoms with E-state index >= 15 is 0 Å². The molecule has 3 atom stereocenters. The Morgan fingerprint density at radius 1 is 0.957 bits per heavy atom. The number of hydrogen-bond acceptors (Lipinski definition) is 2. The highest BCUT2D eigenvalue weighted by Crippen LogP contribution is 2.54. The minimum absolute atomic E-state index is 0.324. The van der Waals surface area contributed by atoms with Crippen molar-refractivity contribution in [2.75, 3.05) is 0 Å². The summed E-state index contributed by atoms with van der Waals surface area (Å²) in [6.07, 6.45) is 6.55. The van der Waals surface area contributed by atoms with Crippen LogP contribution in [0.4, 0.5) is 0 Å². The maximum absolute atomic E-state index is 10.1. The lowest BCUT2D eigenvalue weighted by molar-refractivity contribution is 0.362. The number of benzene rings is 2. The third-order valence-electron chi connectivity index (χ3n) is 5.75. The highest BCUT2D eigenvalue weighted by molar-refractivity contribution is 5.60. The summed E-state index contributed by atoms with van der Waals surface area (Å²) in [5.74, 6) is 2.32. The average Bonchev–Trinajstić information content (AvgIpc) is 3.04. The van der Waals surface area contributed by atoms with Crippen molar-refractivity contribution in [2.24, 2.45) is 5.92 Å². The molecule has 1 saturated carbocycles. The summed E-state index contributed by atoms with van der Waals surface area (Å²) in [6, 6.07) is 11.5. The molecule has 2 heteroatoms. The first-order valence-electron chi connectivity index (χ1n) is 8.44. The summed E-state index contributed by atoms with van der Waals surface area (Å²) in [6.45, 7) is 3.93. The standard InChI is InChI=1S/C21H22O2/c1-2-13-10-16(23)11-21-18-5-3-4-17(18)20(12-19(13)21)14-6-8-15(22)9-7-14/h2,6-11,17-18,20,22-23H,1,3-5,12H2/t17-,18+,20-/m0/s1. The summed E-state index contributed by atoms with van der Waals surface area (Å²) in [4.78, 5) is 0. The van der Waals surface area contributed by atoms with Crippen molar-refractivity contribution in [2.45, 2.75) is 37.5 Å². The average molecular weight is 306 g/mol. The number of phenolic OH excluding ortho intramolecular Hbond substituents is 2. The molecular weight excluding hydrogens is 284 g/mol. The first-order valence-corrected chi connectivity index (χ1v) is 8.44. The largest absolute Gasteiger partial charge is 0.508 e. The molecule has 2 N–H and O–H groups in total. The lowest BCUT2D eigenvalue weighted by Gasteiger charge is -2.37. The third kappa shape index (κ3) is 2.33. The molecule has 0 heterocycles. The molecule has 2 nitrogen and oxygen atoms in total. The second-order valence-corrected chi connectivity index (χ2v) is 6.91. The van der Waals surface area contributed by atoms with Crippen molar-refractivity contribution in [3.63, 3.8) is 0 Å². The SMILES string of the molecule is C=Cc1cc(O)cc2c1C[C@@H](c1ccc(O)cc1)[C@H]1CCC[C@@H]21. The third-order valence-corrected chi connectivity index (χ3v) is 5.75. The Morgan fingerprint density at radius 2 is 1.74 bits per heavy atom. The molecule has 0 spiro atoms. The molecule has 0 bridgehead atoms. The van der Waals surface area contributed by atoms with Crippen molar-refractivity contribution in [1.29, 1.82) is 0 Å². The van der Waals surface area contributed by atoms with Gasteiger partial charge in [0.15, 0.2) is 0 Å². The van der Waals surface area contributed by atoms with Crippen molar-refractivity contribution in [3.05, 3.63) is 65.2 Å². The van der Waals surface area contributed by atoms with Gasteiger partial charge in [-0.25, -0.2) is 0 Å². The molecule has 0 radical (unpaired) electrons. The van der Waals surface area contributed by atoms with Gasteiger partial charge >= 0.3 is 0 Å². The van der Waals surface area contributed by atoms with Crippen LogP contribution >= 0.6 is 0 Å². The minimum Gasteiger partial charge on any atom is -0.508 e. The van der Waals surface area contributed by atoms with Crippen molar-refractivity contribution in [1.82, 2.24) is 0 Å². The maximum Gasteiger partial charge on any atom is 0.116 e. The van der Waals surface area contributed by atoms with Crippen LogP contribution in [0.5, 0.6) is 11.5 Å². The molecule has 23 heavy (non-hydrogen) atoms. The summed E-state index contributed by atoms with van der Waals surface area (Å²) < 4.78 is 0. The number of hydrogen-bond donors (Lipinski definition) is 2. The van der Waals surface area contributed by atoms with Gasteiger partial charge in [-0.3, -0.25) is 0 Å². The van der Waals surface area contributed by atoms with Gasteiger partial charge in [-0.15, -0.1) is 0 Å². The monoisotopic (exact) mass is 306 g/mol. The normalized spacial score (nSPS) is 25.7. The van der Waals surface area contributed by atoms with Crippen LogP contribution in [-0.4, -0.2) is 10.2 Å². The van der Waals surface area contributed by atoms with E-state index in [-0.39, 0.29) is 0 Å². The Balaban J connectivity index is 1.83. The summed E-state index contributed by atoms with van der Waals surface area (Å²) in [5.41, 5.74) is 5.05. The number of rotatable bonds is 2. The van der Waals surface area contributed by atoms with E-state index in [0.717, 1.165) is 12.0 Å². The fourth-order valence-corrected chi connectivity index (χ4v) is 4.76. The molecule has 0 unspecified atom stereocenters. The van der Waals surface area contributed by atoms with Crippen LogP contribution in [-0.2, 0) is 6.42 Å². The molecule has 0 saturated heterocycles. The van der Waals surface area contributed by atoms with E-state index in [1.54, 1.807) is 12.1 Å². The molecular formula is C21H22O2. The van der Waals surface area contributed by atoms with Crippen molar-refractivity contribution >= 4 is 6.08 Å².